The summed E-state index contributed by atoms with van der Waals surface area (Å²) in [6, 6.07) is 10.1. The molecule has 1 unspecified atom stereocenters. The third-order valence-corrected chi connectivity index (χ3v) is 2.52. The van der Waals surface area contributed by atoms with E-state index >= 15 is 0 Å². The first-order valence-electron chi connectivity index (χ1n) is 3.71. The predicted octanol–water partition coefficient (Wildman–Crippen LogP) is 3.49. The Balaban J connectivity index is 2.48. The van der Waals surface area contributed by atoms with Gasteiger partial charge in [0.05, 0.1) is 6.61 Å². The molecule has 0 aliphatic carbocycles. The van der Waals surface area contributed by atoms with Crippen LogP contribution >= 0.6 is 31.9 Å². The molecule has 12 heavy (non-hydrogen) atoms. The van der Waals surface area contributed by atoms with E-state index < -0.39 is 0 Å². The number of rotatable bonds is 4. The summed E-state index contributed by atoms with van der Waals surface area (Å²) in [4.78, 5) is 0. The van der Waals surface area contributed by atoms with E-state index in [9.17, 15) is 0 Å². The van der Waals surface area contributed by atoms with Gasteiger partial charge in [0.15, 0.2) is 0 Å². The van der Waals surface area contributed by atoms with Crippen LogP contribution in [0, 0.1) is 0 Å². The molecular formula is C9H10Br2O. The van der Waals surface area contributed by atoms with Gasteiger partial charge < -0.3 is 4.74 Å². The molecule has 0 aliphatic heterocycles. The van der Waals surface area contributed by atoms with Gasteiger partial charge in [0.1, 0.15) is 5.01 Å². The monoisotopic (exact) mass is 292 g/mol. The molecule has 1 aromatic rings. The van der Waals surface area contributed by atoms with Crippen LogP contribution < -0.4 is 0 Å². The average Bonchev–Trinajstić information content (AvgIpc) is 2.15. The molecule has 1 aromatic carbocycles. The van der Waals surface area contributed by atoms with Crippen LogP contribution in [-0.4, -0.2) is 11.9 Å². The van der Waals surface area contributed by atoms with Crippen molar-refractivity contribution in [3.05, 3.63) is 35.9 Å². The van der Waals surface area contributed by atoms with E-state index in [-0.39, 0.29) is 5.01 Å². The van der Waals surface area contributed by atoms with Gasteiger partial charge in [-0.1, -0.05) is 62.2 Å². The maximum Gasteiger partial charge on any atom is 0.137 e. The van der Waals surface area contributed by atoms with Gasteiger partial charge >= 0.3 is 0 Å². The fraction of sp³-hybridized carbons (Fsp3) is 0.333. The summed E-state index contributed by atoms with van der Waals surface area (Å²) < 4.78 is 5.45. The minimum absolute atomic E-state index is 0.0104. The number of benzene rings is 1. The van der Waals surface area contributed by atoms with Crippen LogP contribution in [0.4, 0.5) is 0 Å². The molecule has 0 radical (unpaired) electrons. The Morgan fingerprint density at radius 2 is 1.92 bits per heavy atom. The van der Waals surface area contributed by atoms with Crippen molar-refractivity contribution in [1.82, 2.24) is 0 Å². The molecule has 0 saturated carbocycles. The van der Waals surface area contributed by atoms with Crippen molar-refractivity contribution in [3.63, 3.8) is 0 Å². The highest BCUT2D eigenvalue weighted by atomic mass is 79.9. The Hall–Kier alpha value is 0.140. The summed E-state index contributed by atoms with van der Waals surface area (Å²) in [5.74, 6) is 0. The largest absolute Gasteiger partial charge is 0.361 e. The zero-order valence-electron chi connectivity index (χ0n) is 6.54. The van der Waals surface area contributed by atoms with Gasteiger partial charge in [-0.15, -0.1) is 0 Å². The van der Waals surface area contributed by atoms with E-state index in [0.29, 0.717) is 6.61 Å². The Kier molecular flexibility index (Phi) is 4.88. The standard InChI is InChI=1S/C9H10Br2O/c10-6-7-12-9(11)8-4-2-1-3-5-8/h1-5,9H,6-7H2. The Morgan fingerprint density at radius 3 is 2.50 bits per heavy atom. The minimum Gasteiger partial charge on any atom is -0.361 e. The fourth-order valence-electron chi connectivity index (χ4n) is 0.849. The number of hydrogen-bond donors (Lipinski definition) is 0. The summed E-state index contributed by atoms with van der Waals surface area (Å²) in [5.41, 5.74) is 1.15. The number of alkyl halides is 2. The molecule has 66 valence electrons. The van der Waals surface area contributed by atoms with Gasteiger partial charge in [-0.2, -0.15) is 0 Å². The van der Waals surface area contributed by atoms with Crippen LogP contribution in [0.1, 0.15) is 10.6 Å². The predicted molar refractivity (Wildman–Crippen MR) is 57.9 cm³/mol. The second kappa shape index (κ2) is 5.73. The van der Waals surface area contributed by atoms with Crippen LogP contribution in [0.3, 0.4) is 0 Å². The van der Waals surface area contributed by atoms with Crippen molar-refractivity contribution < 1.29 is 4.74 Å². The van der Waals surface area contributed by atoms with Crippen LogP contribution in [0.25, 0.3) is 0 Å². The number of hydrogen-bond acceptors (Lipinski definition) is 1. The second-order valence-corrected chi connectivity index (χ2v) is 3.91. The van der Waals surface area contributed by atoms with E-state index in [4.69, 9.17) is 4.74 Å². The van der Waals surface area contributed by atoms with E-state index in [1.54, 1.807) is 0 Å². The molecule has 0 bridgehead atoms. The van der Waals surface area contributed by atoms with Gasteiger partial charge in [-0.25, -0.2) is 0 Å². The van der Waals surface area contributed by atoms with Crippen molar-refractivity contribution in [2.24, 2.45) is 0 Å². The van der Waals surface area contributed by atoms with E-state index in [1.165, 1.54) is 0 Å². The van der Waals surface area contributed by atoms with E-state index in [2.05, 4.69) is 31.9 Å². The quantitative estimate of drug-likeness (QED) is 0.772. The number of halogens is 2. The highest BCUT2D eigenvalue weighted by Gasteiger charge is 2.04. The molecule has 1 atom stereocenters. The molecule has 0 heterocycles. The zero-order chi connectivity index (χ0) is 8.81. The van der Waals surface area contributed by atoms with Crippen molar-refractivity contribution >= 4 is 31.9 Å². The lowest BCUT2D eigenvalue weighted by molar-refractivity contribution is 0.134. The van der Waals surface area contributed by atoms with Crippen LogP contribution in [0.2, 0.25) is 0 Å². The van der Waals surface area contributed by atoms with Crippen LogP contribution in [0.15, 0.2) is 30.3 Å². The average molecular weight is 294 g/mol. The SMILES string of the molecule is BrCCOC(Br)c1ccccc1. The van der Waals surface area contributed by atoms with Crippen molar-refractivity contribution in [2.75, 3.05) is 11.9 Å². The minimum atomic E-state index is 0.0104. The van der Waals surface area contributed by atoms with Crippen LogP contribution in [0.5, 0.6) is 0 Å². The summed E-state index contributed by atoms with van der Waals surface area (Å²) in [6.45, 7) is 0.713. The number of ether oxygens (including phenoxy) is 1. The molecule has 0 amide bonds. The van der Waals surface area contributed by atoms with Gasteiger partial charge in [0, 0.05) is 5.33 Å². The molecule has 0 spiro atoms. The molecule has 1 rings (SSSR count). The van der Waals surface area contributed by atoms with Gasteiger partial charge in [0.2, 0.25) is 0 Å². The van der Waals surface area contributed by atoms with Gasteiger partial charge in [-0.3, -0.25) is 0 Å². The van der Waals surface area contributed by atoms with Gasteiger partial charge in [-0.05, 0) is 5.56 Å². The van der Waals surface area contributed by atoms with Gasteiger partial charge in [0.25, 0.3) is 0 Å². The second-order valence-electron chi connectivity index (χ2n) is 2.29. The molecule has 0 N–H and O–H groups in total. The lowest BCUT2D eigenvalue weighted by atomic mass is 10.2. The van der Waals surface area contributed by atoms with E-state index in [1.807, 2.05) is 30.3 Å². The third kappa shape index (κ3) is 3.25. The molecule has 0 fully saturated rings. The highest BCUT2D eigenvalue weighted by molar-refractivity contribution is 9.09. The Bertz CT molecular complexity index is 213. The van der Waals surface area contributed by atoms with Crippen molar-refractivity contribution in [1.29, 1.82) is 0 Å². The molecule has 1 nitrogen and oxygen atoms in total. The smallest absolute Gasteiger partial charge is 0.137 e. The lowest BCUT2D eigenvalue weighted by Crippen LogP contribution is -1.98. The molecule has 0 saturated heterocycles. The molecule has 0 aliphatic rings. The third-order valence-electron chi connectivity index (χ3n) is 1.40. The zero-order valence-corrected chi connectivity index (χ0v) is 9.71. The maximum atomic E-state index is 5.45. The lowest BCUT2D eigenvalue weighted by Gasteiger charge is -2.09. The van der Waals surface area contributed by atoms with Crippen LogP contribution in [-0.2, 0) is 4.74 Å². The Morgan fingerprint density at radius 1 is 1.25 bits per heavy atom. The molecule has 0 aromatic heterocycles. The van der Waals surface area contributed by atoms with Crippen molar-refractivity contribution in [2.45, 2.75) is 5.01 Å². The summed E-state index contributed by atoms with van der Waals surface area (Å²) in [6.07, 6.45) is 0. The maximum absolute atomic E-state index is 5.45. The normalized spacial score (nSPS) is 12.8. The fourth-order valence-corrected chi connectivity index (χ4v) is 1.53. The first kappa shape index (κ1) is 10.2. The van der Waals surface area contributed by atoms with E-state index in [0.717, 1.165) is 10.9 Å². The summed E-state index contributed by atoms with van der Waals surface area (Å²) in [7, 11) is 0. The Labute approximate surface area is 89.4 Å². The first-order valence-corrected chi connectivity index (χ1v) is 5.75. The molecule has 3 heteroatoms. The summed E-state index contributed by atoms with van der Waals surface area (Å²) >= 11 is 6.75. The highest BCUT2D eigenvalue weighted by Crippen LogP contribution is 2.23. The molecular weight excluding hydrogens is 284 g/mol. The summed E-state index contributed by atoms with van der Waals surface area (Å²) in [5, 5.41) is 0.873. The topological polar surface area (TPSA) is 9.23 Å². The first-order chi connectivity index (χ1) is 5.84. The van der Waals surface area contributed by atoms with Crippen molar-refractivity contribution in [3.8, 4) is 0 Å².